The van der Waals surface area contributed by atoms with Crippen LogP contribution < -0.4 is 4.74 Å². The molecule has 1 saturated carbocycles. The molecule has 23 heavy (non-hydrogen) atoms. The molecule has 0 aromatic heterocycles. The van der Waals surface area contributed by atoms with E-state index in [9.17, 15) is 5.11 Å². The summed E-state index contributed by atoms with van der Waals surface area (Å²) in [5.41, 5.74) is 0.230. The van der Waals surface area contributed by atoms with Gasteiger partial charge in [-0.15, -0.1) is 0 Å². The molecule has 1 aliphatic heterocycles. The zero-order chi connectivity index (χ0) is 16.1. The Bertz CT molecular complexity index is 501. The quantitative estimate of drug-likeness (QED) is 0.926. The van der Waals surface area contributed by atoms with E-state index in [1.54, 1.807) is 0 Å². The zero-order valence-corrected chi connectivity index (χ0v) is 14.2. The van der Waals surface area contributed by atoms with Crippen LogP contribution in [0.4, 0.5) is 0 Å². The lowest BCUT2D eigenvalue weighted by molar-refractivity contribution is -0.0681. The zero-order valence-electron chi connectivity index (χ0n) is 14.2. The summed E-state index contributed by atoms with van der Waals surface area (Å²) in [5, 5.41) is 11.0. The van der Waals surface area contributed by atoms with Gasteiger partial charge in [0.25, 0.3) is 0 Å². The second kappa shape index (κ2) is 7.65. The van der Waals surface area contributed by atoms with Crippen molar-refractivity contribution in [2.24, 2.45) is 0 Å². The molecule has 0 unspecified atom stereocenters. The maximum Gasteiger partial charge on any atom is 0.134 e. The Hall–Kier alpha value is -1.10. The third-order valence-corrected chi connectivity index (χ3v) is 4.98. The van der Waals surface area contributed by atoms with Gasteiger partial charge in [-0.1, -0.05) is 31.4 Å². The lowest BCUT2D eigenvalue weighted by atomic mass is 9.93. The number of benzene rings is 1. The second-order valence-electron chi connectivity index (χ2n) is 7.14. The molecule has 1 N–H and O–H groups in total. The Labute approximate surface area is 139 Å². The van der Waals surface area contributed by atoms with E-state index < -0.39 is 5.60 Å². The van der Waals surface area contributed by atoms with Gasteiger partial charge in [-0.25, -0.2) is 0 Å². The molecule has 0 bridgehead atoms. The van der Waals surface area contributed by atoms with Crippen LogP contribution in [0.1, 0.15) is 37.7 Å². The number of ether oxygens (including phenoxy) is 2. The first-order valence-electron chi connectivity index (χ1n) is 8.88. The van der Waals surface area contributed by atoms with E-state index >= 15 is 0 Å². The van der Waals surface area contributed by atoms with Crippen molar-refractivity contribution in [2.45, 2.75) is 50.7 Å². The van der Waals surface area contributed by atoms with Gasteiger partial charge in [0.15, 0.2) is 0 Å². The summed E-state index contributed by atoms with van der Waals surface area (Å²) in [6, 6.07) is 8.55. The van der Waals surface area contributed by atoms with Gasteiger partial charge >= 0.3 is 0 Å². The molecular weight excluding hydrogens is 290 g/mol. The summed E-state index contributed by atoms with van der Waals surface area (Å²) in [6.45, 7) is 4.92. The van der Waals surface area contributed by atoms with Crippen LogP contribution in [0.15, 0.2) is 24.3 Å². The Balaban J connectivity index is 1.61. The van der Waals surface area contributed by atoms with E-state index in [0.29, 0.717) is 25.8 Å². The van der Waals surface area contributed by atoms with E-state index in [-0.39, 0.29) is 6.61 Å². The number of hydrogen-bond donors (Lipinski definition) is 1. The fraction of sp³-hybridized carbons (Fsp3) is 0.684. The number of β-amino-alcohol motifs (C(OH)–C–C–N with tert-alkyl or cyclic N) is 1. The molecule has 1 aromatic carbocycles. The maximum absolute atomic E-state index is 11.0. The topological polar surface area (TPSA) is 41.9 Å². The second-order valence-corrected chi connectivity index (χ2v) is 7.14. The molecule has 0 amide bonds. The highest BCUT2D eigenvalue weighted by atomic mass is 16.5. The molecule has 1 atom stereocenters. The fourth-order valence-electron chi connectivity index (χ4n) is 3.71. The molecule has 0 radical (unpaired) electrons. The highest BCUT2D eigenvalue weighted by Crippen LogP contribution is 2.26. The molecule has 2 aliphatic rings. The minimum absolute atomic E-state index is 0.277. The molecule has 2 fully saturated rings. The van der Waals surface area contributed by atoms with Crippen LogP contribution in [0.3, 0.4) is 0 Å². The van der Waals surface area contributed by atoms with Crippen molar-refractivity contribution in [3.8, 4) is 5.75 Å². The summed E-state index contributed by atoms with van der Waals surface area (Å²) >= 11 is 0. The van der Waals surface area contributed by atoms with Crippen LogP contribution in [0.5, 0.6) is 5.75 Å². The lowest BCUT2D eigenvalue weighted by Crippen LogP contribution is -2.51. The number of aliphatic hydroxyl groups is 1. The Kier molecular flexibility index (Phi) is 5.57. The first-order valence-corrected chi connectivity index (χ1v) is 8.88. The lowest BCUT2D eigenvalue weighted by Gasteiger charge is -2.37. The van der Waals surface area contributed by atoms with E-state index in [1.807, 2.05) is 31.2 Å². The Morgan fingerprint density at radius 3 is 2.91 bits per heavy atom. The van der Waals surface area contributed by atoms with E-state index in [1.165, 1.54) is 32.1 Å². The summed E-state index contributed by atoms with van der Waals surface area (Å²) in [7, 11) is 0. The van der Waals surface area contributed by atoms with Crippen molar-refractivity contribution in [1.29, 1.82) is 0 Å². The number of hydrogen-bond acceptors (Lipinski definition) is 4. The van der Waals surface area contributed by atoms with Crippen LogP contribution in [0, 0.1) is 6.92 Å². The van der Waals surface area contributed by atoms with Gasteiger partial charge < -0.3 is 14.6 Å². The molecule has 0 spiro atoms. The highest BCUT2D eigenvalue weighted by Gasteiger charge is 2.36. The van der Waals surface area contributed by atoms with E-state index in [0.717, 1.165) is 17.9 Å². The summed E-state index contributed by atoms with van der Waals surface area (Å²) in [4.78, 5) is 2.42. The minimum Gasteiger partial charge on any atom is -0.490 e. The van der Waals surface area contributed by atoms with Crippen molar-refractivity contribution in [3.63, 3.8) is 0 Å². The predicted molar refractivity (Wildman–Crippen MR) is 90.9 cm³/mol. The van der Waals surface area contributed by atoms with Gasteiger partial charge in [-0.05, 0) is 37.5 Å². The van der Waals surface area contributed by atoms with Crippen molar-refractivity contribution < 1.29 is 14.6 Å². The van der Waals surface area contributed by atoms with Crippen molar-refractivity contribution in [2.75, 3.05) is 32.9 Å². The highest BCUT2D eigenvalue weighted by molar-refractivity contribution is 5.27. The minimum atomic E-state index is -0.933. The van der Waals surface area contributed by atoms with Crippen LogP contribution in [-0.2, 0) is 4.74 Å². The van der Waals surface area contributed by atoms with Crippen molar-refractivity contribution >= 4 is 0 Å². The third-order valence-electron chi connectivity index (χ3n) is 4.98. The summed E-state index contributed by atoms with van der Waals surface area (Å²) in [5.74, 6) is 0.812. The van der Waals surface area contributed by atoms with Gasteiger partial charge in [0, 0.05) is 19.1 Å². The number of aryl methyl sites for hydroxylation is 1. The molecule has 4 heteroatoms. The molecule has 1 saturated heterocycles. The molecule has 1 aliphatic carbocycles. The van der Waals surface area contributed by atoms with Crippen LogP contribution in [0.25, 0.3) is 0 Å². The van der Waals surface area contributed by atoms with Crippen LogP contribution >= 0.6 is 0 Å². The number of rotatable bonds is 4. The monoisotopic (exact) mass is 319 g/mol. The Morgan fingerprint density at radius 2 is 2.13 bits per heavy atom. The van der Waals surface area contributed by atoms with Gasteiger partial charge in [0.2, 0.25) is 0 Å². The molecule has 3 rings (SSSR count). The van der Waals surface area contributed by atoms with Gasteiger partial charge in [-0.3, -0.25) is 4.90 Å². The van der Waals surface area contributed by atoms with Crippen LogP contribution in [-0.4, -0.2) is 54.6 Å². The van der Waals surface area contributed by atoms with Gasteiger partial charge in [-0.2, -0.15) is 0 Å². The largest absolute Gasteiger partial charge is 0.490 e. The predicted octanol–water partition coefficient (Wildman–Crippen LogP) is 2.77. The van der Waals surface area contributed by atoms with Crippen molar-refractivity contribution in [3.05, 3.63) is 29.8 Å². The van der Waals surface area contributed by atoms with Gasteiger partial charge in [0.1, 0.15) is 18.0 Å². The summed E-state index contributed by atoms with van der Waals surface area (Å²) < 4.78 is 11.5. The molecule has 4 nitrogen and oxygen atoms in total. The van der Waals surface area contributed by atoms with Crippen molar-refractivity contribution in [1.82, 2.24) is 4.90 Å². The SMILES string of the molecule is Cc1cccc(OC[C@@]2(O)COCCN(C3CCCCC3)C2)c1. The average Bonchev–Trinajstić information content (AvgIpc) is 2.76. The average molecular weight is 319 g/mol. The summed E-state index contributed by atoms with van der Waals surface area (Å²) in [6.07, 6.45) is 6.45. The fourth-order valence-corrected chi connectivity index (χ4v) is 3.71. The maximum atomic E-state index is 11.0. The molecule has 1 aromatic rings. The standard InChI is InChI=1S/C19H29NO3/c1-16-6-5-9-18(12-16)23-15-19(21)13-20(10-11-22-14-19)17-7-3-2-4-8-17/h5-6,9,12,17,21H,2-4,7-8,10-11,13-15H2,1H3/t19-/m0/s1. The first-order chi connectivity index (χ1) is 11.1. The molecule has 128 valence electrons. The first kappa shape index (κ1) is 16.7. The normalized spacial score (nSPS) is 27.6. The number of nitrogens with zero attached hydrogens (tertiary/aromatic N) is 1. The third kappa shape index (κ3) is 4.69. The van der Waals surface area contributed by atoms with Gasteiger partial charge in [0.05, 0.1) is 13.2 Å². The van der Waals surface area contributed by atoms with E-state index in [2.05, 4.69) is 4.90 Å². The van der Waals surface area contributed by atoms with Crippen LogP contribution in [0.2, 0.25) is 0 Å². The molecule has 1 heterocycles. The molecular formula is C19H29NO3. The van der Waals surface area contributed by atoms with E-state index in [4.69, 9.17) is 9.47 Å². The Morgan fingerprint density at radius 1 is 1.30 bits per heavy atom. The smallest absolute Gasteiger partial charge is 0.134 e.